The average molecular weight is 475 g/mol. The second-order valence-corrected chi connectivity index (χ2v) is 9.78. The van der Waals surface area contributed by atoms with Crippen LogP contribution in [0.5, 0.6) is 0 Å². The molecule has 3 aromatic rings. The number of aromatic amines is 1. The maximum Gasteiger partial charge on any atom is 0.330 e. The van der Waals surface area contributed by atoms with Crippen molar-refractivity contribution in [3.05, 3.63) is 91.6 Å². The lowest BCUT2D eigenvalue weighted by molar-refractivity contribution is -0.118. The number of amides is 1. The van der Waals surface area contributed by atoms with Crippen LogP contribution in [0.3, 0.4) is 0 Å². The molecule has 0 aliphatic heterocycles. The molecule has 0 saturated heterocycles. The van der Waals surface area contributed by atoms with Crippen LogP contribution < -0.4 is 21.9 Å². The number of nitrogens with one attached hydrogen (secondary N) is 1. The van der Waals surface area contributed by atoms with Crippen molar-refractivity contribution in [2.75, 3.05) is 17.2 Å². The Kier molecular flexibility index (Phi) is 7.54. The van der Waals surface area contributed by atoms with E-state index >= 15 is 0 Å². The largest absolute Gasteiger partial charge is 0.383 e. The summed E-state index contributed by atoms with van der Waals surface area (Å²) in [5.74, 6) is 0.123. The van der Waals surface area contributed by atoms with E-state index in [0.29, 0.717) is 18.9 Å². The minimum absolute atomic E-state index is 0.00477. The van der Waals surface area contributed by atoms with Crippen LogP contribution in [0.4, 0.5) is 11.5 Å². The first-order valence-corrected chi connectivity index (χ1v) is 12.4. The summed E-state index contributed by atoms with van der Waals surface area (Å²) in [7, 11) is 0. The Balaban J connectivity index is 1.69. The number of aromatic nitrogens is 2. The first kappa shape index (κ1) is 24.5. The Morgan fingerprint density at radius 3 is 2.46 bits per heavy atom. The van der Waals surface area contributed by atoms with Gasteiger partial charge in [-0.3, -0.25) is 19.1 Å². The lowest BCUT2D eigenvalue weighted by atomic mass is 9.90. The summed E-state index contributed by atoms with van der Waals surface area (Å²) in [4.78, 5) is 43.0. The standard InChI is InChI=1S/C28H34N4O3/c1-19(2)14-15-31(24(33)17-21-12-13-22-10-6-7-11-23(22)16-21)25-26(29)32(28(35)30-27(25)34)18-20-8-4-3-5-9-20/h3-5,8-9,12-13,16,19H,6-7,10-11,14-15,17-18,29H2,1-2H3,(H,30,34,35). The second-order valence-electron chi connectivity index (χ2n) is 9.78. The molecule has 0 radical (unpaired) electrons. The second kappa shape index (κ2) is 10.8. The smallest absolute Gasteiger partial charge is 0.330 e. The van der Waals surface area contributed by atoms with Crippen molar-refractivity contribution in [1.82, 2.24) is 9.55 Å². The molecule has 3 N–H and O–H groups in total. The first-order valence-electron chi connectivity index (χ1n) is 12.4. The van der Waals surface area contributed by atoms with E-state index < -0.39 is 11.2 Å². The third-order valence-corrected chi connectivity index (χ3v) is 6.67. The van der Waals surface area contributed by atoms with E-state index in [9.17, 15) is 14.4 Å². The van der Waals surface area contributed by atoms with Gasteiger partial charge < -0.3 is 10.6 Å². The molecule has 0 unspecified atom stereocenters. The van der Waals surface area contributed by atoms with Gasteiger partial charge in [0.05, 0.1) is 13.0 Å². The van der Waals surface area contributed by atoms with Gasteiger partial charge in [-0.2, -0.15) is 0 Å². The molecule has 2 aromatic carbocycles. The number of H-pyrrole nitrogens is 1. The lowest BCUT2D eigenvalue weighted by Crippen LogP contribution is -2.42. The predicted molar refractivity (Wildman–Crippen MR) is 140 cm³/mol. The Bertz CT molecular complexity index is 1310. The number of benzene rings is 2. The summed E-state index contributed by atoms with van der Waals surface area (Å²) < 4.78 is 1.32. The van der Waals surface area contributed by atoms with E-state index in [1.165, 1.54) is 33.4 Å². The molecule has 1 aliphatic rings. The molecule has 0 atom stereocenters. The molecule has 1 heterocycles. The number of hydrogen-bond acceptors (Lipinski definition) is 4. The molecule has 35 heavy (non-hydrogen) atoms. The van der Waals surface area contributed by atoms with Gasteiger partial charge in [0.15, 0.2) is 5.69 Å². The molecule has 0 spiro atoms. The van der Waals surface area contributed by atoms with Crippen molar-refractivity contribution in [2.24, 2.45) is 5.92 Å². The zero-order valence-corrected chi connectivity index (χ0v) is 20.5. The van der Waals surface area contributed by atoms with Gasteiger partial charge in [-0.05, 0) is 60.3 Å². The van der Waals surface area contributed by atoms with Gasteiger partial charge in [0.2, 0.25) is 5.91 Å². The van der Waals surface area contributed by atoms with E-state index in [0.717, 1.165) is 24.0 Å². The SMILES string of the molecule is CC(C)CCN(C(=O)Cc1ccc2c(c1)CCCC2)c1c(N)n(Cc2ccccc2)c(=O)[nH]c1=O. The number of fused-ring (bicyclic) bond motifs is 1. The van der Waals surface area contributed by atoms with Crippen molar-refractivity contribution in [3.63, 3.8) is 0 Å². The van der Waals surface area contributed by atoms with Crippen molar-refractivity contribution in [1.29, 1.82) is 0 Å². The third-order valence-electron chi connectivity index (χ3n) is 6.67. The fourth-order valence-electron chi connectivity index (χ4n) is 4.68. The van der Waals surface area contributed by atoms with Gasteiger partial charge in [-0.15, -0.1) is 0 Å². The fraction of sp³-hybridized carbons (Fsp3) is 0.393. The van der Waals surface area contributed by atoms with Gasteiger partial charge in [0, 0.05) is 6.54 Å². The van der Waals surface area contributed by atoms with Crippen LogP contribution in [0.25, 0.3) is 0 Å². The molecule has 0 bridgehead atoms. The minimum atomic E-state index is -0.639. The molecule has 1 aliphatic carbocycles. The van der Waals surface area contributed by atoms with Gasteiger partial charge in [0.1, 0.15) is 5.82 Å². The molecular weight excluding hydrogens is 440 g/mol. The Morgan fingerprint density at radius 2 is 1.74 bits per heavy atom. The summed E-state index contributed by atoms with van der Waals surface area (Å²) in [5, 5.41) is 0. The zero-order chi connectivity index (χ0) is 24.9. The number of aryl methyl sites for hydroxylation is 2. The summed E-state index contributed by atoms with van der Waals surface area (Å²) in [6.07, 6.45) is 5.36. The van der Waals surface area contributed by atoms with Crippen molar-refractivity contribution in [2.45, 2.75) is 58.9 Å². The van der Waals surface area contributed by atoms with Gasteiger partial charge in [-0.1, -0.05) is 62.4 Å². The normalized spacial score (nSPS) is 13.0. The number of nitrogens with zero attached hydrogens (tertiary/aromatic N) is 2. The maximum atomic E-state index is 13.6. The van der Waals surface area contributed by atoms with E-state index in [2.05, 4.69) is 31.0 Å². The molecule has 1 amide bonds. The van der Waals surface area contributed by atoms with E-state index in [4.69, 9.17) is 5.73 Å². The summed E-state index contributed by atoms with van der Waals surface area (Å²) in [6.45, 7) is 4.68. The molecule has 184 valence electrons. The van der Waals surface area contributed by atoms with Gasteiger partial charge in [-0.25, -0.2) is 4.79 Å². The number of anilines is 2. The molecule has 4 rings (SSSR count). The van der Waals surface area contributed by atoms with Gasteiger partial charge >= 0.3 is 5.69 Å². The fourth-order valence-corrected chi connectivity index (χ4v) is 4.68. The highest BCUT2D eigenvalue weighted by atomic mass is 16.2. The number of nitrogens with two attached hydrogens (primary N) is 1. The first-order chi connectivity index (χ1) is 16.8. The Labute approximate surface area is 205 Å². The quantitative estimate of drug-likeness (QED) is 0.520. The van der Waals surface area contributed by atoms with Crippen molar-refractivity contribution >= 4 is 17.4 Å². The molecular formula is C28H34N4O3. The molecule has 0 fully saturated rings. The lowest BCUT2D eigenvalue weighted by Gasteiger charge is -2.26. The van der Waals surface area contributed by atoms with Crippen molar-refractivity contribution in [3.8, 4) is 0 Å². The number of nitrogen functional groups attached to an aromatic ring is 1. The van der Waals surface area contributed by atoms with Crippen LogP contribution in [-0.4, -0.2) is 22.0 Å². The molecule has 0 saturated carbocycles. The topological polar surface area (TPSA) is 101 Å². The number of carbonyl (C=O) groups excluding carboxylic acids is 1. The van der Waals surface area contributed by atoms with Crippen molar-refractivity contribution < 1.29 is 4.79 Å². The monoisotopic (exact) mass is 474 g/mol. The van der Waals surface area contributed by atoms with E-state index in [1.807, 2.05) is 36.4 Å². The van der Waals surface area contributed by atoms with Gasteiger partial charge in [0.25, 0.3) is 5.56 Å². The highest BCUT2D eigenvalue weighted by Crippen LogP contribution is 2.24. The van der Waals surface area contributed by atoms with Crippen LogP contribution in [0.2, 0.25) is 0 Å². The van der Waals surface area contributed by atoms with E-state index in [1.54, 1.807) is 0 Å². The number of hydrogen-bond donors (Lipinski definition) is 2. The summed E-state index contributed by atoms with van der Waals surface area (Å²) in [6, 6.07) is 15.7. The van der Waals surface area contributed by atoms with Crippen LogP contribution in [0.15, 0.2) is 58.1 Å². The molecule has 1 aromatic heterocycles. The molecule has 7 nitrogen and oxygen atoms in total. The van der Waals surface area contributed by atoms with Crippen LogP contribution in [-0.2, 0) is 30.6 Å². The number of rotatable bonds is 8. The zero-order valence-electron chi connectivity index (χ0n) is 20.5. The molecule has 7 heteroatoms. The maximum absolute atomic E-state index is 13.6. The summed E-state index contributed by atoms with van der Waals surface area (Å²) >= 11 is 0. The Morgan fingerprint density at radius 1 is 1.03 bits per heavy atom. The van der Waals surface area contributed by atoms with Crippen LogP contribution in [0, 0.1) is 5.92 Å². The predicted octanol–water partition coefficient (Wildman–Crippen LogP) is 3.67. The van der Waals surface area contributed by atoms with E-state index in [-0.39, 0.29) is 30.4 Å². The van der Waals surface area contributed by atoms with Crippen LogP contribution >= 0.6 is 0 Å². The Hall–Kier alpha value is -3.61. The minimum Gasteiger partial charge on any atom is -0.383 e. The summed E-state index contributed by atoms with van der Waals surface area (Å²) in [5.41, 5.74) is 9.69. The highest BCUT2D eigenvalue weighted by molar-refractivity contribution is 5.96. The van der Waals surface area contributed by atoms with Crippen LogP contribution in [0.1, 0.15) is 55.4 Å². The average Bonchev–Trinajstić information content (AvgIpc) is 2.84. The third kappa shape index (κ3) is 5.73. The number of carbonyl (C=O) groups is 1. The highest BCUT2D eigenvalue weighted by Gasteiger charge is 2.25.